The Labute approximate surface area is 187 Å². The number of nitrogens with two attached hydrogens (primary N) is 1. The number of likely N-dealkylation sites (tertiary alicyclic amines) is 1. The zero-order chi connectivity index (χ0) is 19.2. The summed E-state index contributed by atoms with van der Waals surface area (Å²) in [6.45, 7) is 6.03. The summed E-state index contributed by atoms with van der Waals surface area (Å²) >= 11 is 0. The Hall–Kier alpha value is -1.59. The SMILES string of the molecule is CC(C)C[C@H](N)C(=O)NC1CCCN1Cc1ccc(-c2ccccc2)cc1.Cl.Cl. The summed E-state index contributed by atoms with van der Waals surface area (Å²) in [6, 6.07) is 18.7. The van der Waals surface area contributed by atoms with Gasteiger partial charge in [0.25, 0.3) is 0 Å². The van der Waals surface area contributed by atoms with E-state index in [2.05, 4.69) is 72.6 Å². The molecule has 2 atom stereocenters. The van der Waals surface area contributed by atoms with Crippen LogP contribution in [0, 0.1) is 5.92 Å². The molecular formula is C23H33Cl2N3O. The summed E-state index contributed by atoms with van der Waals surface area (Å²) in [5, 5.41) is 3.15. The fourth-order valence-electron chi connectivity index (χ4n) is 3.73. The average molecular weight is 438 g/mol. The van der Waals surface area contributed by atoms with Crippen LogP contribution in [0.15, 0.2) is 54.6 Å². The Morgan fingerprint density at radius 2 is 1.69 bits per heavy atom. The first-order chi connectivity index (χ1) is 13.0. The standard InChI is InChI=1S/C23H31N3O.2ClH/c1-17(2)15-21(24)23(27)25-22-9-6-14-26(22)16-18-10-12-20(13-11-18)19-7-4-3-5-8-19;;/h3-5,7-8,10-13,17,21-22H,6,9,14-16,24H2,1-2H3,(H,25,27);2*1H/t21-,22?;;/m0../s1. The number of rotatable bonds is 7. The van der Waals surface area contributed by atoms with Crippen LogP contribution in [0.4, 0.5) is 0 Å². The van der Waals surface area contributed by atoms with Crippen molar-refractivity contribution in [3.63, 3.8) is 0 Å². The van der Waals surface area contributed by atoms with Crippen LogP contribution in [-0.2, 0) is 11.3 Å². The van der Waals surface area contributed by atoms with Gasteiger partial charge in [0.05, 0.1) is 12.2 Å². The van der Waals surface area contributed by atoms with E-state index in [9.17, 15) is 4.79 Å². The normalized spacial score (nSPS) is 17.3. The van der Waals surface area contributed by atoms with Gasteiger partial charge in [-0.25, -0.2) is 0 Å². The maximum absolute atomic E-state index is 12.4. The van der Waals surface area contributed by atoms with Gasteiger partial charge in [-0.1, -0.05) is 68.4 Å². The number of hydrogen-bond donors (Lipinski definition) is 2. The molecule has 0 saturated carbocycles. The van der Waals surface area contributed by atoms with Crippen molar-refractivity contribution in [2.24, 2.45) is 11.7 Å². The minimum atomic E-state index is -0.419. The third-order valence-electron chi connectivity index (χ3n) is 5.18. The van der Waals surface area contributed by atoms with Crippen LogP contribution in [0.3, 0.4) is 0 Å². The highest BCUT2D eigenvalue weighted by Crippen LogP contribution is 2.22. The fraction of sp³-hybridized carbons (Fsp3) is 0.435. The van der Waals surface area contributed by atoms with Gasteiger partial charge >= 0.3 is 0 Å². The van der Waals surface area contributed by atoms with Gasteiger partial charge in [-0.05, 0) is 41.9 Å². The second-order valence-corrected chi connectivity index (χ2v) is 7.94. The molecule has 1 amide bonds. The molecule has 1 aliphatic rings. The molecule has 160 valence electrons. The quantitative estimate of drug-likeness (QED) is 0.664. The number of halogens is 2. The molecule has 1 aliphatic heterocycles. The maximum atomic E-state index is 12.4. The Balaban J connectivity index is 0.00000210. The van der Waals surface area contributed by atoms with E-state index in [1.807, 2.05) is 6.07 Å². The number of nitrogens with zero attached hydrogens (tertiary/aromatic N) is 1. The predicted molar refractivity (Wildman–Crippen MR) is 125 cm³/mol. The highest BCUT2D eigenvalue weighted by Gasteiger charge is 2.27. The Bertz CT molecular complexity index is 738. The summed E-state index contributed by atoms with van der Waals surface area (Å²) in [7, 11) is 0. The van der Waals surface area contributed by atoms with Crippen LogP contribution < -0.4 is 11.1 Å². The van der Waals surface area contributed by atoms with E-state index in [1.54, 1.807) is 0 Å². The predicted octanol–water partition coefficient (Wildman–Crippen LogP) is 4.61. The van der Waals surface area contributed by atoms with Crippen LogP contribution in [0.25, 0.3) is 11.1 Å². The first-order valence-corrected chi connectivity index (χ1v) is 9.97. The first kappa shape index (κ1) is 25.4. The van der Waals surface area contributed by atoms with Gasteiger partial charge in [0.2, 0.25) is 5.91 Å². The van der Waals surface area contributed by atoms with Gasteiger partial charge in [0.15, 0.2) is 0 Å². The number of nitrogens with one attached hydrogen (secondary N) is 1. The van der Waals surface area contributed by atoms with E-state index in [0.29, 0.717) is 5.92 Å². The number of hydrogen-bond acceptors (Lipinski definition) is 3. The average Bonchev–Trinajstić information content (AvgIpc) is 3.09. The van der Waals surface area contributed by atoms with E-state index in [1.165, 1.54) is 16.7 Å². The largest absolute Gasteiger partial charge is 0.339 e. The highest BCUT2D eigenvalue weighted by molar-refractivity contribution is 5.85. The van der Waals surface area contributed by atoms with Crippen molar-refractivity contribution in [1.82, 2.24) is 10.2 Å². The topological polar surface area (TPSA) is 58.4 Å². The molecule has 1 saturated heterocycles. The van der Waals surface area contributed by atoms with Crippen molar-refractivity contribution in [1.29, 1.82) is 0 Å². The second kappa shape index (κ2) is 12.2. The molecule has 2 aromatic carbocycles. The highest BCUT2D eigenvalue weighted by atomic mass is 35.5. The van der Waals surface area contributed by atoms with Gasteiger partial charge < -0.3 is 11.1 Å². The molecule has 0 spiro atoms. The molecule has 0 radical (unpaired) electrons. The van der Waals surface area contributed by atoms with E-state index < -0.39 is 6.04 Å². The second-order valence-electron chi connectivity index (χ2n) is 7.94. The lowest BCUT2D eigenvalue weighted by Crippen LogP contribution is -2.50. The summed E-state index contributed by atoms with van der Waals surface area (Å²) in [5.74, 6) is 0.397. The van der Waals surface area contributed by atoms with Gasteiger partial charge in [-0.3, -0.25) is 9.69 Å². The Morgan fingerprint density at radius 3 is 2.31 bits per heavy atom. The van der Waals surface area contributed by atoms with Crippen molar-refractivity contribution in [3.05, 3.63) is 60.2 Å². The molecular weight excluding hydrogens is 405 g/mol. The first-order valence-electron chi connectivity index (χ1n) is 9.97. The van der Waals surface area contributed by atoms with Crippen molar-refractivity contribution < 1.29 is 4.79 Å². The van der Waals surface area contributed by atoms with Crippen molar-refractivity contribution in [2.75, 3.05) is 6.54 Å². The molecule has 2 aromatic rings. The van der Waals surface area contributed by atoms with E-state index in [0.717, 1.165) is 32.4 Å². The smallest absolute Gasteiger partial charge is 0.238 e. The molecule has 0 bridgehead atoms. The van der Waals surface area contributed by atoms with E-state index in [-0.39, 0.29) is 36.9 Å². The van der Waals surface area contributed by atoms with Gasteiger partial charge in [-0.2, -0.15) is 0 Å². The number of amides is 1. The third-order valence-corrected chi connectivity index (χ3v) is 5.18. The van der Waals surface area contributed by atoms with Crippen molar-refractivity contribution in [3.8, 4) is 11.1 Å². The third kappa shape index (κ3) is 7.31. The van der Waals surface area contributed by atoms with Gasteiger partial charge in [-0.15, -0.1) is 24.8 Å². The van der Waals surface area contributed by atoms with Crippen LogP contribution in [0.1, 0.15) is 38.7 Å². The zero-order valence-electron chi connectivity index (χ0n) is 17.2. The lowest BCUT2D eigenvalue weighted by atomic mass is 10.0. The summed E-state index contributed by atoms with van der Waals surface area (Å²) in [6.07, 6.45) is 2.90. The Morgan fingerprint density at radius 1 is 1.07 bits per heavy atom. The number of carbonyl (C=O) groups is 1. The molecule has 1 fully saturated rings. The van der Waals surface area contributed by atoms with E-state index >= 15 is 0 Å². The lowest BCUT2D eigenvalue weighted by Gasteiger charge is -2.27. The van der Waals surface area contributed by atoms with Crippen LogP contribution >= 0.6 is 24.8 Å². The molecule has 0 aliphatic carbocycles. The summed E-state index contributed by atoms with van der Waals surface area (Å²) in [5.41, 5.74) is 9.76. The molecule has 3 N–H and O–H groups in total. The van der Waals surface area contributed by atoms with Crippen LogP contribution in [0.2, 0.25) is 0 Å². The lowest BCUT2D eigenvalue weighted by molar-refractivity contribution is -0.124. The molecule has 29 heavy (non-hydrogen) atoms. The fourth-order valence-corrected chi connectivity index (χ4v) is 3.73. The van der Waals surface area contributed by atoms with Crippen molar-refractivity contribution >= 4 is 30.7 Å². The summed E-state index contributed by atoms with van der Waals surface area (Å²) in [4.78, 5) is 14.7. The monoisotopic (exact) mass is 437 g/mol. The van der Waals surface area contributed by atoms with Crippen molar-refractivity contribution in [2.45, 2.75) is 51.9 Å². The molecule has 1 unspecified atom stereocenters. The molecule has 0 aromatic heterocycles. The summed E-state index contributed by atoms with van der Waals surface area (Å²) < 4.78 is 0. The maximum Gasteiger partial charge on any atom is 0.238 e. The van der Waals surface area contributed by atoms with E-state index in [4.69, 9.17) is 5.73 Å². The zero-order valence-corrected chi connectivity index (χ0v) is 18.8. The van der Waals surface area contributed by atoms with Gasteiger partial charge in [0, 0.05) is 13.1 Å². The molecule has 1 heterocycles. The Kier molecular flexibility index (Phi) is 10.7. The number of benzene rings is 2. The minimum Gasteiger partial charge on any atom is -0.339 e. The van der Waals surface area contributed by atoms with Crippen LogP contribution in [-0.4, -0.2) is 29.6 Å². The van der Waals surface area contributed by atoms with Gasteiger partial charge in [0.1, 0.15) is 0 Å². The molecule has 6 heteroatoms. The van der Waals surface area contributed by atoms with Crippen LogP contribution in [0.5, 0.6) is 0 Å². The number of carbonyl (C=O) groups excluding carboxylic acids is 1. The molecule has 3 rings (SSSR count). The molecule has 4 nitrogen and oxygen atoms in total. The minimum absolute atomic E-state index is 0.